The van der Waals surface area contributed by atoms with Gasteiger partial charge in [0.1, 0.15) is 0 Å². The fourth-order valence-electron chi connectivity index (χ4n) is 2.45. The van der Waals surface area contributed by atoms with Crippen molar-refractivity contribution in [1.29, 1.82) is 0 Å². The lowest BCUT2D eigenvalue weighted by atomic mass is 10.2. The van der Waals surface area contributed by atoms with E-state index in [4.69, 9.17) is 16.3 Å². The van der Waals surface area contributed by atoms with Crippen LogP contribution in [-0.2, 0) is 11.3 Å². The first kappa shape index (κ1) is 21.3. The molecule has 8 heteroatoms. The van der Waals surface area contributed by atoms with Crippen molar-refractivity contribution in [3.8, 4) is 11.5 Å². The Labute approximate surface area is 166 Å². The Morgan fingerprint density at radius 1 is 1.22 bits per heavy atom. The summed E-state index contributed by atoms with van der Waals surface area (Å²) in [6.45, 7) is -0.818. The number of thioether (sulfide) groups is 1. The number of hydrogen-bond acceptors (Lipinski definition) is 4. The molecule has 2 aromatic carbocycles. The summed E-state index contributed by atoms with van der Waals surface area (Å²) in [5.74, 6) is 0.0619. The molecule has 0 spiro atoms. The van der Waals surface area contributed by atoms with Crippen LogP contribution in [0.15, 0.2) is 47.4 Å². The molecule has 0 aliphatic heterocycles. The molecule has 0 aliphatic rings. The fraction of sp³-hybridized carbons (Fsp3) is 0.316. The molecule has 4 nitrogen and oxygen atoms in total. The van der Waals surface area contributed by atoms with Gasteiger partial charge in [0.05, 0.1) is 17.4 Å². The first-order valence-corrected chi connectivity index (χ1v) is 9.35. The third-order valence-electron chi connectivity index (χ3n) is 3.73. The molecule has 1 unspecified atom stereocenters. The average Bonchev–Trinajstić information content (AvgIpc) is 2.63. The van der Waals surface area contributed by atoms with Crippen LogP contribution in [0.3, 0.4) is 0 Å². The molecular formula is C19H20ClF2NO3S. The number of halogens is 3. The third-order valence-corrected chi connectivity index (χ3v) is 5.33. The number of carbonyl (C=O) groups is 1. The van der Waals surface area contributed by atoms with Gasteiger partial charge < -0.3 is 14.4 Å². The van der Waals surface area contributed by atoms with E-state index in [1.54, 1.807) is 30.1 Å². The maximum atomic E-state index is 12.6. The molecule has 0 radical (unpaired) electrons. The lowest BCUT2D eigenvalue weighted by molar-refractivity contribution is -0.129. The number of rotatable bonds is 8. The zero-order valence-electron chi connectivity index (χ0n) is 15.1. The second-order valence-corrected chi connectivity index (χ2v) is 7.54. The Kier molecular flexibility index (Phi) is 7.74. The minimum atomic E-state index is -2.93. The van der Waals surface area contributed by atoms with Crippen LogP contribution < -0.4 is 9.47 Å². The van der Waals surface area contributed by atoms with E-state index < -0.39 is 6.61 Å². The van der Waals surface area contributed by atoms with Crippen molar-refractivity contribution in [2.75, 3.05) is 14.2 Å². The van der Waals surface area contributed by atoms with Gasteiger partial charge in [0.25, 0.3) is 0 Å². The van der Waals surface area contributed by atoms with Gasteiger partial charge in [-0.3, -0.25) is 4.79 Å². The van der Waals surface area contributed by atoms with Crippen molar-refractivity contribution >= 4 is 29.3 Å². The number of alkyl halides is 2. The van der Waals surface area contributed by atoms with Crippen LogP contribution in [-0.4, -0.2) is 36.8 Å². The molecule has 146 valence electrons. The van der Waals surface area contributed by atoms with Gasteiger partial charge in [-0.15, -0.1) is 11.8 Å². The number of nitrogens with zero attached hydrogens (tertiary/aromatic N) is 1. The van der Waals surface area contributed by atoms with Gasteiger partial charge in [-0.05, 0) is 36.8 Å². The van der Waals surface area contributed by atoms with Crippen molar-refractivity contribution in [2.45, 2.75) is 30.2 Å². The van der Waals surface area contributed by atoms with Crippen LogP contribution in [0.2, 0.25) is 5.02 Å². The van der Waals surface area contributed by atoms with E-state index in [9.17, 15) is 13.6 Å². The number of benzene rings is 2. The molecule has 0 aromatic heterocycles. The Bertz CT molecular complexity index is 791. The van der Waals surface area contributed by atoms with E-state index in [-0.39, 0.29) is 22.7 Å². The minimum absolute atomic E-state index is 0.0483. The second kappa shape index (κ2) is 9.80. The van der Waals surface area contributed by atoms with Crippen LogP contribution in [0.25, 0.3) is 0 Å². The Hall–Kier alpha value is -1.99. The van der Waals surface area contributed by atoms with E-state index in [1.807, 2.05) is 25.1 Å². The normalized spacial score (nSPS) is 12.0. The van der Waals surface area contributed by atoms with Gasteiger partial charge in [-0.1, -0.05) is 29.8 Å². The summed E-state index contributed by atoms with van der Waals surface area (Å²) in [4.78, 5) is 15.0. The second-order valence-electron chi connectivity index (χ2n) is 5.75. The zero-order valence-corrected chi connectivity index (χ0v) is 16.7. The van der Waals surface area contributed by atoms with E-state index in [2.05, 4.69) is 4.74 Å². The highest BCUT2D eigenvalue weighted by Gasteiger charge is 2.20. The first-order chi connectivity index (χ1) is 12.8. The molecule has 0 fully saturated rings. The van der Waals surface area contributed by atoms with Gasteiger partial charge in [0.15, 0.2) is 11.5 Å². The number of amides is 1. The van der Waals surface area contributed by atoms with Crippen LogP contribution in [0, 0.1) is 0 Å². The predicted octanol–water partition coefficient (Wildman–Crippen LogP) is 5.09. The third kappa shape index (κ3) is 6.01. The standard InChI is InChI=1S/C19H20ClF2NO3S/c1-12(27-17-7-5-4-6-14(17)20)18(24)23(2)11-13-8-9-15(26-19(21)22)16(10-13)25-3/h4-10,12,19H,11H2,1-3H3. The quantitative estimate of drug-likeness (QED) is 0.563. The fourth-order valence-corrected chi connectivity index (χ4v) is 3.72. The topological polar surface area (TPSA) is 38.8 Å². The molecule has 0 saturated heterocycles. The van der Waals surface area contributed by atoms with E-state index in [0.29, 0.717) is 11.6 Å². The highest BCUT2D eigenvalue weighted by atomic mass is 35.5. The van der Waals surface area contributed by atoms with Gasteiger partial charge in [0.2, 0.25) is 5.91 Å². The zero-order chi connectivity index (χ0) is 20.0. The molecule has 1 amide bonds. The smallest absolute Gasteiger partial charge is 0.387 e. The molecule has 0 bridgehead atoms. The van der Waals surface area contributed by atoms with Crippen LogP contribution >= 0.6 is 23.4 Å². The molecule has 2 aromatic rings. The van der Waals surface area contributed by atoms with Crippen molar-refractivity contribution in [3.63, 3.8) is 0 Å². The van der Waals surface area contributed by atoms with Crippen molar-refractivity contribution < 1.29 is 23.0 Å². The predicted molar refractivity (Wildman–Crippen MR) is 103 cm³/mol. The monoisotopic (exact) mass is 415 g/mol. The van der Waals surface area contributed by atoms with Crippen molar-refractivity contribution in [2.24, 2.45) is 0 Å². The largest absolute Gasteiger partial charge is 0.493 e. The van der Waals surface area contributed by atoms with Gasteiger partial charge in [-0.2, -0.15) is 8.78 Å². The maximum absolute atomic E-state index is 12.6. The van der Waals surface area contributed by atoms with Crippen molar-refractivity contribution in [3.05, 3.63) is 53.1 Å². The highest BCUT2D eigenvalue weighted by Crippen LogP contribution is 2.32. The summed E-state index contributed by atoms with van der Waals surface area (Å²) in [5, 5.41) is 0.266. The number of ether oxygens (including phenoxy) is 2. The summed E-state index contributed by atoms with van der Waals surface area (Å²) in [5.41, 5.74) is 0.735. The molecular weight excluding hydrogens is 396 g/mol. The molecule has 0 saturated carbocycles. The summed E-state index contributed by atoms with van der Waals surface area (Å²) < 4.78 is 34.3. The van der Waals surface area contributed by atoms with Crippen LogP contribution in [0.5, 0.6) is 11.5 Å². The summed E-state index contributed by atoms with van der Waals surface area (Å²) in [7, 11) is 3.05. The van der Waals surface area contributed by atoms with Gasteiger partial charge in [0, 0.05) is 18.5 Å². The number of methoxy groups -OCH3 is 1. The average molecular weight is 416 g/mol. The van der Waals surface area contributed by atoms with Gasteiger partial charge >= 0.3 is 6.61 Å². The molecule has 27 heavy (non-hydrogen) atoms. The minimum Gasteiger partial charge on any atom is -0.493 e. The summed E-state index contributed by atoms with van der Waals surface area (Å²) in [6.07, 6.45) is 0. The van der Waals surface area contributed by atoms with E-state index in [0.717, 1.165) is 10.5 Å². The SMILES string of the molecule is COc1cc(CN(C)C(=O)C(C)Sc2ccccc2Cl)ccc1OC(F)F. The number of hydrogen-bond donors (Lipinski definition) is 0. The maximum Gasteiger partial charge on any atom is 0.387 e. The van der Waals surface area contributed by atoms with Crippen LogP contribution in [0.4, 0.5) is 8.78 Å². The molecule has 0 aliphatic carbocycles. The molecule has 0 heterocycles. The Balaban J connectivity index is 2.04. The lowest BCUT2D eigenvalue weighted by Crippen LogP contribution is -2.32. The Morgan fingerprint density at radius 3 is 2.56 bits per heavy atom. The molecule has 0 N–H and O–H groups in total. The molecule has 2 rings (SSSR count). The number of carbonyl (C=O) groups excluding carboxylic acids is 1. The van der Waals surface area contributed by atoms with Crippen LogP contribution in [0.1, 0.15) is 12.5 Å². The highest BCUT2D eigenvalue weighted by molar-refractivity contribution is 8.00. The lowest BCUT2D eigenvalue weighted by Gasteiger charge is -2.22. The molecule has 1 atom stereocenters. The van der Waals surface area contributed by atoms with E-state index >= 15 is 0 Å². The van der Waals surface area contributed by atoms with Crippen molar-refractivity contribution in [1.82, 2.24) is 4.90 Å². The van der Waals surface area contributed by atoms with E-state index in [1.165, 1.54) is 24.9 Å². The Morgan fingerprint density at radius 2 is 1.93 bits per heavy atom. The van der Waals surface area contributed by atoms with Gasteiger partial charge in [-0.25, -0.2) is 0 Å². The first-order valence-electron chi connectivity index (χ1n) is 8.09. The summed E-state index contributed by atoms with van der Waals surface area (Å²) >= 11 is 7.52. The summed E-state index contributed by atoms with van der Waals surface area (Å²) in [6, 6.07) is 11.9.